The molecular formula is C48H56N10O12S6. The molecule has 0 radical (unpaired) electrons. The smallest absolute Gasteiger partial charge is 0.274 e. The number of nitrogens with one attached hydrogen (secondary N) is 4. The molecule has 4 aromatic rings. The second-order valence-electron chi connectivity index (χ2n) is 17.4. The predicted octanol–water partition coefficient (Wildman–Crippen LogP) is 1.24. The molecule has 2 aromatic heterocycles. The minimum absolute atomic E-state index is 0.00736. The molecule has 22 nitrogen and oxygen atoms in total. The zero-order valence-electron chi connectivity index (χ0n) is 41.8. The summed E-state index contributed by atoms with van der Waals surface area (Å²) in [7, 11) is 7.54. The highest BCUT2D eigenvalue weighted by atomic mass is 33.1. The van der Waals surface area contributed by atoms with Crippen molar-refractivity contribution in [1.82, 2.24) is 50.8 Å². The highest BCUT2D eigenvalue weighted by Crippen LogP contribution is 2.30. The second kappa shape index (κ2) is 27.4. The summed E-state index contributed by atoms with van der Waals surface area (Å²) in [5, 5.41) is 31.5. The van der Waals surface area contributed by atoms with E-state index in [-0.39, 0.29) is 29.4 Å². The first kappa shape index (κ1) is 59.3. The fourth-order valence-corrected chi connectivity index (χ4v) is 13.5. The molecule has 0 saturated carbocycles. The van der Waals surface area contributed by atoms with Gasteiger partial charge < -0.3 is 51.1 Å². The van der Waals surface area contributed by atoms with Crippen LogP contribution in [0.2, 0.25) is 0 Å². The summed E-state index contributed by atoms with van der Waals surface area (Å²) in [6.07, 6.45) is 1.71. The summed E-state index contributed by atoms with van der Waals surface area (Å²) >= 11 is 6.79. The van der Waals surface area contributed by atoms with Gasteiger partial charge in [-0.05, 0) is 42.7 Å². The molecule has 6 unspecified atom stereocenters. The number of rotatable bonds is 8. The lowest BCUT2D eigenvalue weighted by atomic mass is 10.1. The van der Waals surface area contributed by atoms with Crippen LogP contribution in [0, 0.1) is 0 Å². The molecule has 0 aliphatic carbocycles. The van der Waals surface area contributed by atoms with Gasteiger partial charge in [0, 0.05) is 67.7 Å². The minimum Gasteiger partial charge on any atom is -0.505 e. The maximum atomic E-state index is 14.7. The summed E-state index contributed by atoms with van der Waals surface area (Å²) in [5.74, 6) is -8.74. The van der Waals surface area contributed by atoms with Crippen molar-refractivity contribution in [2.45, 2.75) is 42.7 Å². The Morgan fingerprint density at radius 3 is 1.47 bits per heavy atom. The molecule has 4 heterocycles. The van der Waals surface area contributed by atoms with E-state index in [1.807, 2.05) is 0 Å². The molecule has 2 saturated heterocycles. The summed E-state index contributed by atoms with van der Waals surface area (Å²) in [5.41, 5.74) is -0.120. The molecular weight excluding hydrogens is 1100 g/mol. The third kappa shape index (κ3) is 14.5. The van der Waals surface area contributed by atoms with Crippen molar-refractivity contribution in [3.8, 4) is 11.5 Å². The number of carbonyl (C=O) groups is 10. The largest absolute Gasteiger partial charge is 0.505 e. The van der Waals surface area contributed by atoms with Crippen LogP contribution in [0.1, 0.15) is 27.4 Å². The Morgan fingerprint density at radius 2 is 1.05 bits per heavy atom. The van der Waals surface area contributed by atoms with Crippen LogP contribution < -0.4 is 21.3 Å². The van der Waals surface area contributed by atoms with Gasteiger partial charge in [-0.3, -0.25) is 47.9 Å². The Balaban J connectivity index is 1.36. The van der Waals surface area contributed by atoms with E-state index in [1.54, 1.807) is 54.8 Å². The molecule has 28 heteroatoms. The third-order valence-electron chi connectivity index (χ3n) is 12.4. The summed E-state index contributed by atoms with van der Waals surface area (Å²) in [4.78, 5) is 155. The van der Waals surface area contributed by atoms with Gasteiger partial charge in [0.25, 0.3) is 11.8 Å². The molecule has 2 bridgehead atoms. The Morgan fingerprint density at radius 1 is 0.645 bits per heavy atom. The molecule has 6 rings (SSSR count). The van der Waals surface area contributed by atoms with E-state index in [0.29, 0.717) is 45.3 Å². The van der Waals surface area contributed by atoms with E-state index in [1.165, 1.54) is 57.0 Å². The number of thioether (sulfide) groups is 3. The number of nitrogens with zero attached hydrogens (tertiary/aromatic N) is 6. The Labute approximate surface area is 463 Å². The third-order valence-corrected chi connectivity index (χ3v) is 17.8. The van der Waals surface area contributed by atoms with Crippen molar-refractivity contribution in [2.75, 3.05) is 82.1 Å². The van der Waals surface area contributed by atoms with Gasteiger partial charge in [0.2, 0.25) is 45.7 Å². The summed E-state index contributed by atoms with van der Waals surface area (Å²) in [6, 6.07) is 7.95. The number of likely N-dealkylation sites (N-methyl/N-ethyl adjacent to an activating group) is 4. The monoisotopic (exact) mass is 1160 g/mol. The van der Waals surface area contributed by atoms with Crippen LogP contribution in [0.4, 0.5) is 0 Å². The van der Waals surface area contributed by atoms with Crippen LogP contribution in [0.15, 0.2) is 60.7 Å². The van der Waals surface area contributed by atoms with Gasteiger partial charge >= 0.3 is 0 Å². The normalized spacial score (nSPS) is 22.8. The Bertz CT molecular complexity index is 2710. The Kier molecular flexibility index (Phi) is 21.4. The standard InChI is InChI=1S/C48H56N10O12S6/c1-55-32-23-75-76-24-33(46(68)58(4)34(22-72-5)48(70)74-21-30(42(64)50-18-37(55)61)54-44(66)40-36(60)17-26-11-7-9-13-28(26)52-40)56(2)38(62)19-49-41(63)29(20-73-47(69)31(14-15-71)57(3)45(32)67)53-43(65)39-35(59)16-25-10-6-8-12-27(25)51-39/h6-13,16-17,29-34,59-60,71H,14-15,18-24H2,1-5H3,(H,49,63)(H,50,64)(H,53,65)(H,54,66). The highest BCUT2D eigenvalue weighted by molar-refractivity contribution is 8.76. The van der Waals surface area contributed by atoms with Gasteiger partial charge in [-0.2, -0.15) is 24.4 Å². The van der Waals surface area contributed by atoms with Gasteiger partial charge in [0.05, 0.1) is 24.1 Å². The molecule has 8 amide bonds. The van der Waals surface area contributed by atoms with E-state index >= 15 is 0 Å². The molecule has 2 aliphatic heterocycles. The zero-order valence-corrected chi connectivity index (χ0v) is 46.7. The first-order valence-electron chi connectivity index (χ1n) is 23.3. The lowest BCUT2D eigenvalue weighted by molar-refractivity contribution is -0.145. The van der Waals surface area contributed by atoms with Gasteiger partial charge in [-0.25, -0.2) is 9.97 Å². The van der Waals surface area contributed by atoms with E-state index < -0.39 is 141 Å². The van der Waals surface area contributed by atoms with Gasteiger partial charge in [0.1, 0.15) is 47.8 Å². The number of fused-ring (bicyclic) bond motifs is 7. The van der Waals surface area contributed by atoms with Gasteiger partial charge in [-0.15, -0.1) is 0 Å². The van der Waals surface area contributed by atoms with E-state index in [2.05, 4.69) is 43.9 Å². The van der Waals surface area contributed by atoms with Crippen LogP contribution in [0.3, 0.4) is 0 Å². The zero-order chi connectivity index (χ0) is 55.4. The first-order valence-corrected chi connectivity index (χ1v) is 29.8. The van der Waals surface area contributed by atoms with Crippen LogP contribution in [-0.4, -0.2) is 216 Å². The quantitative estimate of drug-likeness (QED) is 0.0965. The van der Waals surface area contributed by atoms with Crippen molar-refractivity contribution >= 4 is 149 Å². The maximum absolute atomic E-state index is 14.7. The van der Waals surface area contributed by atoms with Crippen LogP contribution in [-0.2, 0) is 38.4 Å². The number of amides is 8. The number of pyridine rings is 2. The predicted molar refractivity (Wildman–Crippen MR) is 298 cm³/mol. The summed E-state index contributed by atoms with van der Waals surface area (Å²) < 4.78 is 0. The van der Waals surface area contributed by atoms with Crippen LogP contribution >= 0.6 is 69.5 Å². The van der Waals surface area contributed by atoms with Crippen molar-refractivity contribution in [2.24, 2.45) is 0 Å². The van der Waals surface area contributed by atoms with E-state index in [9.17, 15) is 58.2 Å². The average Bonchev–Trinajstić information content (AvgIpc) is 3.41. The van der Waals surface area contributed by atoms with Crippen LogP contribution in [0.5, 0.6) is 11.5 Å². The number of aromatic nitrogens is 2. The van der Waals surface area contributed by atoms with Crippen molar-refractivity contribution in [3.63, 3.8) is 0 Å². The number of benzene rings is 2. The molecule has 0 spiro atoms. The topological polar surface area (TPSA) is 298 Å². The molecule has 6 N–H and O–H groups in total. The fraction of sp³-hybridized carbons (Fsp3) is 0.417. The molecule has 6 atom stereocenters. The van der Waals surface area contributed by atoms with Crippen molar-refractivity contribution in [3.05, 3.63) is 72.1 Å². The van der Waals surface area contributed by atoms with Crippen molar-refractivity contribution < 1.29 is 58.2 Å². The number of thiol groups is 1. The first-order chi connectivity index (χ1) is 36.2. The minimum atomic E-state index is -1.55. The number of aromatic hydroxyl groups is 2. The summed E-state index contributed by atoms with van der Waals surface area (Å²) in [6.45, 7) is -1.41. The van der Waals surface area contributed by atoms with Gasteiger partial charge in [0.15, 0.2) is 11.4 Å². The number of para-hydroxylation sites is 2. The number of hydrogen-bond donors (Lipinski definition) is 7. The van der Waals surface area contributed by atoms with E-state index in [4.69, 9.17) is 0 Å². The lowest BCUT2D eigenvalue weighted by Crippen LogP contribution is -2.57. The van der Waals surface area contributed by atoms with Crippen LogP contribution in [0.25, 0.3) is 21.8 Å². The molecule has 406 valence electrons. The van der Waals surface area contributed by atoms with Gasteiger partial charge in [-0.1, -0.05) is 81.5 Å². The van der Waals surface area contributed by atoms with Crippen molar-refractivity contribution in [1.29, 1.82) is 0 Å². The molecule has 76 heavy (non-hydrogen) atoms. The SMILES string of the molecule is CSCC1C(=O)SCC(NC(=O)c2nc3ccccc3cc2O)C(=O)NCC(=O)N(C)C2CSSCC(C(=O)N1C)N(C)C(=O)CNC(=O)C(NC(=O)c1nc3ccccc3cc1O)CSC(=O)C(CCS)N(C)C2=O. The second-order valence-corrected chi connectivity index (χ2v) is 23.3. The molecule has 2 fully saturated rings. The highest BCUT2D eigenvalue weighted by Gasteiger charge is 2.39. The Hall–Kier alpha value is -5.94. The molecule has 2 aliphatic rings. The lowest BCUT2D eigenvalue weighted by Gasteiger charge is -2.35. The molecule has 2 aromatic carbocycles. The number of hydrogen-bond acceptors (Lipinski definition) is 20. The van der Waals surface area contributed by atoms with E-state index in [0.717, 1.165) is 36.3 Å². The maximum Gasteiger partial charge on any atom is 0.274 e. The fourth-order valence-electron chi connectivity index (χ4n) is 7.84. The number of carbonyl (C=O) groups excluding carboxylic acids is 10. The average molecular weight is 1160 g/mol.